The van der Waals surface area contributed by atoms with Gasteiger partial charge in [0.2, 0.25) is 6.10 Å². The molecular weight excluding hydrogens is 478 g/mol. The second-order valence-corrected chi connectivity index (χ2v) is 9.10. The highest BCUT2D eigenvalue weighted by Crippen LogP contribution is 2.38. The Kier molecular flexibility index (Phi) is 7.78. The normalized spacial score (nSPS) is 13.3. The summed E-state index contributed by atoms with van der Waals surface area (Å²) in [5.41, 5.74) is 4.02. The molecule has 0 saturated heterocycles. The number of amides is 1. The second-order valence-electron chi connectivity index (χ2n) is 9.10. The molecule has 38 heavy (non-hydrogen) atoms. The Balaban J connectivity index is 1.38. The number of hydrogen-bond acceptors (Lipinski definition) is 5. The van der Waals surface area contributed by atoms with Crippen LogP contribution in [0, 0.1) is 0 Å². The molecule has 1 aliphatic rings. The predicted octanol–water partition coefficient (Wildman–Crippen LogP) is 5.99. The highest BCUT2D eigenvalue weighted by Gasteiger charge is 2.32. The molecule has 0 bridgehead atoms. The van der Waals surface area contributed by atoms with Gasteiger partial charge in [0.1, 0.15) is 18.1 Å². The summed E-state index contributed by atoms with van der Waals surface area (Å²) in [6, 6.07) is 30.9. The summed E-state index contributed by atoms with van der Waals surface area (Å²) >= 11 is 0. The quantitative estimate of drug-likeness (QED) is 0.278. The van der Waals surface area contributed by atoms with Crippen LogP contribution in [0.4, 0.5) is 0 Å². The molecule has 1 atom stereocenters. The number of benzene rings is 4. The van der Waals surface area contributed by atoms with Gasteiger partial charge in [0.15, 0.2) is 11.5 Å². The van der Waals surface area contributed by atoms with Crippen molar-refractivity contribution in [3.63, 3.8) is 0 Å². The molecule has 0 N–H and O–H groups in total. The van der Waals surface area contributed by atoms with Crippen LogP contribution < -0.4 is 18.9 Å². The van der Waals surface area contributed by atoms with Crippen molar-refractivity contribution in [3.8, 4) is 23.0 Å². The number of carbonyl (C=O) groups excluding carboxylic acids is 1. The fourth-order valence-corrected chi connectivity index (χ4v) is 4.68. The molecule has 0 fully saturated rings. The van der Waals surface area contributed by atoms with Gasteiger partial charge < -0.3 is 23.8 Å². The highest BCUT2D eigenvalue weighted by molar-refractivity contribution is 5.83. The molecule has 1 unspecified atom stereocenters. The molecule has 1 heterocycles. The third-order valence-corrected chi connectivity index (χ3v) is 6.71. The largest absolute Gasteiger partial charge is 0.497 e. The first kappa shape index (κ1) is 25.2. The number of ether oxygens (including phenoxy) is 4. The number of methoxy groups -OCH3 is 2. The number of hydrogen-bond donors (Lipinski definition) is 0. The fourth-order valence-electron chi connectivity index (χ4n) is 4.68. The third-order valence-electron chi connectivity index (χ3n) is 6.71. The lowest BCUT2D eigenvalue weighted by Crippen LogP contribution is -2.40. The van der Waals surface area contributed by atoms with E-state index in [2.05, 4.69) is 0 Å². The van der Waals surface area contributed by atoms with Gasteiger partial charge in [-0.3, -0.25) is 4.79 Å². The number of carbonyl (C=O) groups is 1. The Morgan fingerprint density at radius 3 is 2.18 bits per heavy atom. The van der Waals surface area contributed by atoms with Crippen molar-refractivity contribution in [1.29, 1.82) is 0 Å². The number of fused-ring (bicyclic) bond motifs is 1. The zero-order valence-corrected chi connectivity index (χ0v) is 21.6. The van der Waals surface area contributed by atoms with Gasteiger partial charge in [-0.25, -0.2) is 0 Å². The van der Waals surface area contributed by atoms with E-state index in [1.165, 1.54) is 0 Å². The van der Waals surface area contributed by atoms with Gasteiger partial charge in [0.05, 0.1) is 14.2 Å². The van der Waals surface area contributed by atoms with Gasteiger partial charge in [-0.2, -0.15) is 0 Å². The van der Waals surface area contributed by atoms with Gasteiger partial charge >= 0.3 is 0 Å². The van der Waals surface area contributed by atoms with E-state index in [-0.39, 0.29) is 5.91 Å². The molecule has 4 aromatic rings. The molecule has 0 saturated carbocycles. The summed E-state index contributed by atoms with van der Waals surface area (Å²) in [6.07, 6.45) is -0.106. The summed E-state index contributed by atoms with van der Waals surface area (Å²) in [7, 11) is 3.27. The van der Waals surface area contributed by atoms with Crippen molar-refractivity contribution in [2.75, 3.05) is 20.8 Å². The summed E-state index contributed by atoms with van der Waals surface area (Å²) in [5.74, 6) is 2.69. The molecule has 0 aliphatic carbocycles. The van der Waals surface area contributed by atoms with Gasteiger partial charge in [0.25, 0.3) is 5.91 Å². The monoisotopic (exact) mass is 509 g/mol. The van der Waals surface area contributed by atoms with Crippen LogP contribution in [0.2, 0.25) is 0 Å². The van der Waals surface area contributed by atoms with Crippen molar-refractivity contribution in [3.05, 3.63) is 119 Å². The van der Waals surface area contributed by atoms with Gasteiger partial charge in [0, 0.05) is 24.2 Å². The van der Waals surface area contributed by atoms with E-state index in [0.29, 0.717) is 37.6 Å². The average molecular weight is 510 g/mol. The number of nitrogens with zero attached hydrogens (tertiary/aromatic N) is 1. The Labute approximate surface area is 223 Å². The number of rotatable bonds is 9. The van der Waals surface area contributed by atoms with E-state index >= 15 is 0 Å². The third kappa shape index (κ3) is 5.59. The maximum absolute atomic E-state index is 13.9. The molecule has 6 nitrogen and oxygen atoms in total. The molecule has 1 amide bonds. The van der Waals surface area contributed by atoms with Crippen LogP contribution in [0.3, 0.4) is 0 Å². The Morgan fingerprint density at radius 2 is 1.50 bits per heavy atom. The molecule has 6 heteroatoms. The van der Waals surface area contributed by atoms with Crippen LogP contribution in [0.15, 0.2) is 97.1 Å². The molecule has 0 radical (unpaired) electrons. The van der Waals surface area contributed by atoms with Gasteiger partial charge in [-0.15, -0.1) is 0 Å². The van der Waals surface area contributed by atoms with Crippen molar-refractivity contribution < 1.29 is 23.7 Å². The lowest BCUT2D eigenvalue weighted by Gasteiger charge is -2.33. The molecule has 4 aromatic carbocycles. The smallest absolute Gasteiger partial charge is 0.268 e. The molecule has 0 spiro atoms. The van der Waals surface area contributed by atoms with Crippen molar-refractivity contribution >= 4 is 5.91 Å². The minimum atomic E-state index is -0.766. The maximum Gasteiger partial charge on any atom is 0.268 e. The lowest BCUT2D eigenvalue weighted by atomic mass is 9.97. The van der Waals surface area contributed by atoms with E-state index in [0.717, 1.165) is 33.8 Å². The lowest BCUT2D eigenvalue weighted by molar-refractivity contribution is -0.140. The van der Waals surface area contributed by atoms with Gasteiger partial charge in [-0.05, 0) is 47.9 Å². The first-order valence-electron chi connectivity index (χ1n) is 12.7. The average Bonchev–Trinajstić information content (AvgIpc) is 2.99. The van der Waals surface area contributed by atoms with Crippen molar-refractivity contribution in [1.82, 2.24) is 4.90 Å². The first-order chi connectivity index (χ1) is 18.7. The Bertz CT molecular complexity index is 1360. The van der Waals surface area contributed by atoms with Crippen LogP contribution in [0.25, 0.3) is 0 Å². The minimum absolute atomic E-state index is 0.0831. The maximum atomic E-state index is 13.9. The topological polar surface area (TPSA) is 57.2 Å². The summed E-state index contributed by atoms with van der Waals surface area (Å²) in [5, 5.41) is 0. The van der Waals surface area contributed by atoms with E-state index in [1.807, 2.05) is 102 Å². The summed E-state index contributed by atoms with van der Waals surface area (Å²) in [4.78, 5) is 15.7. The minimum Gasteiger partial charge on any atom is -0.497 e. The van der Waals surface area contributed by atoms with Crippen LogP contribution >= 0.6 is 0 Å². The van der Waals surface area contributed by atoms with E-state index < -0.39 is 6.10 Å². The first-order valence-corrected chi connectivity index (χ1v) is 12.7. The molecular formula is C32H31NO5. The van der Waals surface area contributed by atoms with E-state index in [4.69, 9.17) is 18.9 Å². The Morgan fingerprint density at radius 1 is 0.816 bits per heavy atom. The summed E-state index contributed by atoms with van der Waals surface area (Å²) in [6.45, 7) is 1.47. The second kappa shape index (κ2) is 11.7. The van der Waals surface area contributed by atoms with E-state index in [1.54, 1.807) is 14.2 Å². The zero-order chi connectivity index (χ0) is 26.3. The molecule has 5 rings (SSSR count). The standard InChI is InChI=1S/C32H31NO5/c1-35-26-14-16-27(17-15-26)38-30(24-11-7-4-8-12-24)32(34)33-20-19-28-25(21-33)13-18-29(36-2)31(28)37-22-23-9-5-3-6-10-23/h3-18,30H,19-22H2,1-2H3. The SMILES string of the molecule is COc1ccc(OC(C(=O)N2CCc3c(ccc(OC)c3OCc3ccccc3)C2)c2ccccc2)cc1. The summed E-state index contributed by atoms with van der Waals surface area (Å²) < 4.78 is 23.4. The van der Waals surface area contributed by atoms with Crippen molar-refractivity contribution in [2.45, 2.75) is 25.7 Å². The molecule has 1 aliphatic heterocycles. The van der Waals surface area contributed by atoms with Crippen LogP contribution in [-0.4, -0.2) is 31.6 Å². The van der Waals surface area contributed by atoms with Crippen LogP contribution in [-0.2, 0) is 24.4 Å². The van der Waals surface area contributed by atoms with Gasteiger partial charge in [-0.1, -0.05) is 66.7 Å². The molecule has 194 valence electrons. The van der Waals surface area contributed by atoms with Crippen LogP contribution in [0.5, 0.6) is 23.0 Å². The highest BCUT2D eigenvalue weighted by atomic mass is 16.5. The van der Waals surface area contributed by atoms with E-state index in [9.17, 15) is 4.79 Å². The van der Waals surface area contributed by atoms with Crippen LogP contribution in [0.1, 0.15) is 28.4 Å². The zero-order valence-electron chi connectivity index (χ0n) is 21.6. The molecule has 0 aromatic heterocycles. The predicted molar refractivity (Wildman–Crippen MR) is 146 cm³/mol. The van der Waals surface area contributed by atoms with Crippen molar-refractivity contribution in [2.24, 2.45) is 0 Å². The fraction of sp³-hybridized carbons (Fsp3) is 0.219. The Hall–Kier alpha value is -4.45.